The standard InChI is InChI=1S/C24H24N2O4/c1-14(2)29-24(27)23-19(13-28-4)22-18-11-17(30-16-7-5-15(3)6-8-16)9-10-20(18)26-21(22)12-25-23/h5-12,14,26H,13H2,1-4H3. The van der Waals surface area contributed by atoms with Gasteiger partial charge in [-0.25, -0.2) is 9.78 Å². The van der Waals surface area contributed by atoms with Crippen molar-refractivity contribution < 1.29 is 19.0 Å². The average molecular weight is 404 g/mol. The highest BCUT2D eigenvalue weighted by molar-refractivity contribution is 6.11. The van der Waals surface area contributed by atoms with Gasteiger partial charge in [-0.2, -0.15) is 0 Å². The van der Waals surface area contributed by atoms with Crippen LogP contribution in [0.1, 0.15) is 35.5 Å². The van der Waals surface area contributed by atoms with Gasteiger partial charge in [-0.05, 0) is 51.1 Å². The summed E-state index contributed by atoms with van der Waals surface area (Å²) in [6.45, 7) is 5.90. The Balaban J connectivity index is 1.84. The Morgan fingerprint density at radius 2 is 1.80 bits per heavy atom. The van der Waals surface area contributed by atoms with Crippen LogP contribution in [-0.2, 0) is 16.1 Å². The number of nitrogens with zero attached hydrogens (tertiary/aromatic N) is 1. The molecule has 0 saturated carbocycles. The molecule has 0 spiro atoms. The molecule has 0 aliphatic rings. The minimum atomic E-state index is -0.458. The zero-order valence-electron chi connectivity index (χ0n) is 17.5. The van der Waals surface area contributed by atoms with E-state index in [0.29, 0.717) is 11.3 Å². The molecule has 1 N–H and O–H groups in total. The summed E-state index contributed by atoms with van der Waals surface area (Å²) in [5.41, 5.74) is 3.88. The maximum atomic E-state index is 12.6. The number of hydrogen-bond donors (Lipinski definition) is 1. The molecule has 0 radical (unpaired) electrons. The number of hydrogen-bond acceptors (Lipinski definition) is 5. The van der Waals surface area contributed by atoms with E-state index in [1.54, 1.807) is 13.3 Å². The molecule has 0 unspecified atom stereocenters. The van der Waals surface area contributed by atoms with Gasteiger partial charge in [-0.3, -0.25) is 0 Å². The second-order valence-corrected chi connectivity index (χ2v) is 7.51. The van der Waals surface area contributed by atoms with Crippen LogP contribution in [0.3, 0.4) is 0 Å². The second kappa shape index (κ2) is 8.16. The zero-order valence-corrected chi connectivity index (χ0v) is 17.5. The number of benzene rings is 2. The number of fused-ring (bicyclic) bond motifs is 3. The molecule has 6 nitrogen and oxygen atoms in total. The molecule has 0 bridgehead atoms. The quantitative estimate of drug-likeness (QED) is 0.428. The molecule has 154 valence electrons. The van der Waals surface area contributed by atoms with E-state index in [1.807, 2.05) is 63.2 Å². The van der Waals surface area contributed by atoms with E-state index < -0.39 is 5.97 Å². The Morgan fingerprint density at radius 3 is 2.50 bits per heavy atom. The number of pyridine rings is 1. The third kappa shape index (κ3) is 3.86. The summed E-state index contributed by atoms with van der Waals surface area (Å²) >= 11 is 0. The third-order valence-corrected chi connectivity index (χ3v) is 4.79. The molecule has 4 rings (SSSR count). The van der Waals surface area contributed by atoms with Gasteiger partial charge in [0.2, 0.25) is 0 Å². The van der Waals surface area contributed by atoms with E-state index in [0.717, 1.165) is 27.6 Å². The van der Waals surface area contributed by atoms with E-state index in [4.69, 9.17) is 14.2 Å². The summed E-state index contributed by atoms with van der Waals surface area (Å²) in [6.07, 6.45) is 1.43. The molecule has 0 aliphatic heterocycles. The Bertz CT molecular complexity index is 1210. The normalized spacial score (nSPS) is 11.4. The van der Waals surface area contributed by atoms with Crippen LogP contribution in [0.15, 0.2) is 48.7 Å². The lowest BCUT2D eigenvalue weighted by Gasteiger charge is -2.12. The van der Waals surface area contributed by atoms with E-state index in [9.17, 15) is 4.79 Å². The highest BCUT2D eigenvalue weighted by Crippen LogP contribution is 2.34. The first kappa shape index (κ1) is 19.9. The largest absolute Gasteiger partial charge is 0.458 e. The summed E-state index contributed by atoms with van der Waals surface area (Å²) in [5.74, 6) is 1.01. The predicted molar refractivity (Wildman–Crippen MR) is 116 cm³/mol. The van der Waals surface area contributed by atoms with Crippen LogP contribution in [-0.4, -0.2) is 29.2 Å². The molecule has 0 saturated heterocycles. The number of methoxy groups -OCH3 is 1. The molecule has 30 heavy (non-hydrogen) atoms. The molecule has 0 fully saturated rings. The minimum Gasteiger partial charge on any atom is -0.458 e. The van der Waals surface area contributed by atoms with Crippen LogP contribution in [0.2, 0.25) is 0 Å². The van der Waals surface area contributed by atoms with Crippen LogP contribution in [0.5, 0.6) is 11.5 Å². The maximum absolute atomic E-state index is 12.6. The molecule has 6 heteroatoms. The topological polar surface area (TPSA) is 73.4 Å². The maximum Gasteiger partial charge on any atom is 0.357 e. The number of carbonyl (C=O) groups excluding carboxylic acids is 1. The van der Waals surface area contributed by atoms with Crippen LogP contribution in [0.4, 0.5) is 0 Å². The summed E-state index contributed by atoms with van der Waals surface area (Å²) in [4.78, 5) is 20.3. The fraction of sp³-hybridized carbons (Fsp3) is 0.250. The fourth-order valence-electron chi connectivity index (χ4n) is 3.48. The molecule has 2 heterocycles. The van der Waals surface area contributed by atoms with Gasteiger partial charge in [0.25, 0.3) is 0 Å². The molecular weight excluding hydrogens is 380 g/mol. The van der Waals surface area contributed by atoms with Crippen molar-refractivity contribution in [2.45, 2.75) is 33.5 Å². The van der Waals surface area contributed by atoms with Gasteiger partial charge in [0, 0.05) is 29.0 Å². The molecule has 0 aliphatic carbocycles. The van der Waals surface area contributed by atoms with Gasteiger partial charge < -0.3 is 19.2 Å². The summed E-state index contributed by atoms with van der Waals surface area (Å²) < 4.78 is 16.8. The monoisotopic (exact) mass is 404 g/mol. The number of rotatable bonds is 6. The lowest BCUT2D eigenvalue weighted by molar-refractivity contribution is 0.0366. The van der Waals surface area contributed by atoms with E-state index in [2.05, 4.69) is 9.97 Å². The number of aryl methyl sites for hydroxylation is 1. The van der Waals surface area contributed by atoms with Gasteiger partial charge >= 0.3 is 5.97 Å². The van der Waals surface area contributed by atoms with Crippen molar-refractivity contribution in [1.29, 1.82) is 0 Å². The SMILES string of the molecule is COCc1c(C(=O)OC(C)C)ncc2[nH]c3ccc(Oc4ccc(C)cc4)cc3c12. The number of aromatic amines is 1. The highest BCUT2D eigenvalue weighted by atomic mass is 16.5. The van der Waals surface area contributed by atoms with Crippen molar-refractivity contribution in [3.63, 3.8) is 0 Å². The van der Waals surface area contributed by atoms with Crippen LogP contribution < -0.4 is 4.74 Å². The smallest absolute Gasteiger partial charge is 0.357 e. The number of H-pyrrole nitrogens is 1. The number of ether oxygens (including phenoxy) is 3. The van der Waals surface area contributed by atoms with Crippen molar-refractivity contribution in [3.8, 4) is 11.5 Å². The van der Waals surface area contributed by atoms with E-state index >= 15 is 0 Å². The Labute approximate surface area is 174 Å². The Morgan fingerprint density at radius 1 is 1.07 bits per heavy atom. The van der Waals surface area contributed by atoms with E-state index in [-0.39, 0.29) is 18.4 Å². The Hall–Kier alpha value is -3.38. The zero-order chi connectivity index (χ0) is 21.3. The highest BCUT2D eigenvalue weighted by Gasteiger charge is 2.21. The summed E-state index contributed by atoms with van der Waals surface area (Å²) in [5, 5.41) is 1.81. The van der Waals surface area contributed by atoms with Crippen molar-refractivity contribution in [1.82, 2.24) is 9.97 Å². The number of carbonyl (C=O) groups is 1. The van der Waals surface area contributed by atoms with Crippen molar-refractivity contribution in [2.24, 2.45) is 0 Å². The Kier molecular flexibility index (Phi) is 5.42. The first-order valence-corrected chi connectivity index (χ1v) is 9.84. The molecule has 0 amide bonds. The first-order chi connectivity index (χ1) is 14.5. The van der Waals surface area contributed by atoms with Crippen LogP contribution >= 0.6 is 0 Å². The van der Waals surface area contributed by atoms with Crippen LogP contribution in [0.25, 0.3) is 21.8 Å². The van der Waals surface area contributed by atoms with Gasteiger partial charge in [-0.15, -0.1) is 0 Å². The second-order valence-electron chi connectivity index (χ2n) is 7.51. The molecule has 2 aromatic heterocycles. The minimum absolute atomic E-state index is 0.233. The summed E-state index contributed by atoms with van der Waals surface area (Å²) in [7, 11) is 1.59. The molecule has 2 aromatic carbocycles. The van der Waals surface area contributed by atoms with Gasteiger partial charge in [0.1, 0.15) is 11.5 Å². The molecule has 4 aromatic rings. The van der Waals surface area contributed by atoms with E-state index in [1.165, 1.54) is 5.56 Å². The third-order valence-electron chi connectivity index (χ3n) is 4.79. The average Bonchev–Trinajstić information content (AvgIpc) is 3.08. The van der Waals surface area contributed by atoms with Crippen molar-refractivity contribution in [2.75, 3.05) is 7.11 Å². The number of nitrogens with one attached hydrogen (secondary N) is 1. The van der Waals surface area contributed by atoms with Gasteiger partial charge in [0.05, 0.1) is 24.4 Å². The van der Waals surface area contributed by atoms with Crippen molar-refractivity contribution >= 4 is 27.8 Å². The van der Waals surface area contributed by atoms with Crippen LogP contribution in [0, 0.1) is 6.92 Å². The lowest BCUT2D eigenvalue weighted by atomic mass is 10.1. The fourth-order valence-corrected chi connectivity index (χ4v) is 3.48. The van der Waals surface area contributed by atoms with Gasteiger partial charge in [0.15, 0.2) is 5.69 Å². The predicted octanol–water partition coefficient (Wildman–Crippen LogP) is 5.53. The number of aromatic nitrogens is 2. The molecule has 0 atom stereocenters. The molecular formula is C24H24N2O4. The van der Waals surface area contributed by atoms with Crippen molar-refractivity contribution in [3.05, 3.63) is 65.5 Å². The number of esters is 1. The first-order valence-electron chi connectivity index (χ1n) is 9.84. The summed E-state index contributed by atoms with van der Waals surface area (Å²) in [6, 6.07) is 13.7. The van der Waals surface area contributed by atoms with Gasteiger partial charge in [-0.1, -0.05) is 17.7 Å². The lowest BCUT2D eigenvalue weighted by Crippen LogP contribution is -2.15.